The first-order chi connectivity index (χ1) is 9.18. The van der Waals surface area contributed by atoms with Crippen LogP contribution in [0.4, 0.5) is 0 Å². The number of carbonyl (C=O) groups excluding carboxylic acids is 1. The normalized spacial score (nSPS) is 10.7. The third-order valence-corrected chi connectivity index (χ3v) is 2.79. The van der Waals surface area contributed by atoms with E-state index in [1.165, 1.54) is 0 Å². The summed E-state index contributed by atoms with van der Waals surface area (Å²) in [5, 5.41) is 0. The van der Waals surface area contributed by atoms with Gasteiger partial charge in [-0.05, 0) is 39.0 Å². The summed E-state index contributed by atoms with van der Waals surface area (Å²) in [5.41, 5.74) is 3.80. The number of rotatable bonds is 9. The minimum absolute atomic E-state index is 0.180. The molecule has 106 valence electrons. The number of unbranched alkanes of at least 4 members (excludes halogenated alkanes) is 2. The Kier molecular flexibility index (Phi) is 7.86. The Morgan fingerprint density at radius 3 is 2.58 bits per heavy atom. The highest BCUT2D eigenvalue weighted by Gasteiger charge is 2.02. The Morgan fingerprint density at radius 2 is 1.89 bits per heavy atom. The topological polar surface area (TPSA) is 41.6 Å². The summed E-state index contributed by atoms with van der Waals surface area (Å²) >= 11 is 0. The molecule has 1 N–H and O–H groups in total. The van der Waals surface area contributed by atoms with Gasteiger partial charge in [0.25, 0.3) is 0 Å². The molecule has 0 aromatic heterocycles. The van der Waals surface area contributed by atoms with E-state index in [4.69, 9.17) is 4.84 Å². The monoisotopic (exact) mass is 264 g/mol. The van der Waals surface area contributed by atoms with Crippen LogP contribution in [0.25, 0.3) is 0 Å². The first kappa shape index (κ1) is 15.7. The fourth-order valence-corrected chi connectivity index (χ4v) is 1.72. The molecule has 4 heteroatoms. The van der Waals surface area contributed by atoms with Crippen LogP contribution in [0.1, 0.15) is 31.2 Å². The van der Waals surface area contributed by atoms with Gasteiger partial charge in [0.05, 0.1) is 6.54 Å². The van der Waals surface area contributed by atoms with E-state index < -0.39 is 0 Å². The molecule has 0 saturated carbocycles. The van der Waals surface area contributed by atoms with E-state index in [0.29, 0.717) is 13.0 Å². The number of nitrogens with one attached hydrogen (secondary N) is 1. The van der Waals surface area contributed by atoms with Crippen molar-refractivity contribution in [3.05, 3.63) is 35.9 Å². The molecule has 0 unspecified atom stereocenters. The minimum atomic E-state index is -0.180. The molecular formula is C15H24N2O2. The second-order valence-electron chi connectivity index (χ2n) is 4.89. The predicted octanol–water partition coefficient (Wildman–Crippen LogP) is 2.36. The molecule has 0 bridgehead atoms. The summed E-state index contributed by atoms with van der Waals surface area (Å²) in [5.74, 6) is -0.180. The van der Waals surface area contributed by atoms with E-state index in [1.807, 2.05) is 30.3 Å². The van der Waals surface area contributed by atoms with Gasteiger partial charge in [0.2, 0.25) is 0 Å². The molecule has 0 amide bonds. The van der Waals surface area contributed by atoms with E-state index in [0.717, 1.165) is 31.4 Å². The van der Waals surface area contributed by atoms with Crippen molar-refractivity contribution in [2.24, 2.45) is 0 Å². The van der Waals surface area contributed by atoms with Gasteiger partial charge in [-0.25, -0.2) is 0 Å². The molecule has 0 saturated heterocycles. The second-order valence-corrected chi connectivity index (χ2v) is 4.89. The van der Waals surface area contributed by atoms with E-state index in [1.54, 1.807) is 0 Å². The zero-order valence-electron chi connectivity index (χ0n) is 11.9. The lowest BCUT2D eigenvalue weighted by Gasteiger charge is -2.08. The van der Waals surface area contributed by atoms with E-state index in [2.05, 4.69) is 24.5 Å². The number of nitrogens with zero attached hydrogens (tertiary/aromatic N) is 1. The van der Waals surface area contributed by atoms with Crippen LogP contribution in [0, 0.1) is 0 Å². The SMILES string of the molecule is CN(C)CCCCCC(=O)ONCc1ccccc1. The van der Waals surface area contributed by atoms with Crippen molar-refractivity contribution >= 4 is 5.97 Å². The Bertz CT molecular complexity index is 352. The number of benzene rings is 1. The van der Waals surface area contributed by atoms with Gasteiger partial charge in [0, 0.05) is 6.42 Å². The lowest BCUT2D eigenvalue weighted by atomic mass is 10.2. The maximum atomic E-state index is 11.4. The highest BCUT2D eigenvalue weighted by atomic mass is 16.7. The fraction of sp³-hybridized carbons (Fsp3) is 0.533. The van der Waals surface area contributed by atoms with Crippen LogP contribution in [0.3, 0.4) is 0 Å². The van der Waals surface area contributed by atoms with Crippen molar-refractivity contribution in [3.63, 3.8) is 0 Å². The first-order valence-electron chi connectivity index (χ1n) is 6.79. The quantitative estimate of drug-likeness (QED) is 0.549. The van der Waals surface area contributed by atoms with Crippen molar-refractivity contribution < 1.29 is 9.63 Å². The predicted molar refractivity (Wildman–Crippen MR) is 76.4 cm³/mol. The first-order valence-corrected chi connectivity index (χ1v) is 6.79. The molecular weight excluding hydrogens is 240 g/mol. The van der Waals surface area contributed by atoms with Crippen LogP contribution in [0.5, 0.6) is 0 Å². The third kappa shape index (κ3) is 8.35. The zero-order valence-corrected chi connectivity index (χ0v) is 11.9. The van der Waals surface area contributed by atoms with Crippen LogP contribution in [-0.2, 0) is 16.2 Å². The highest BCUT2D eigenvalue weighted by molar-refractivity contribution is 5.68. The second kappa shape index (κ2) is 9.53. The van der Waals surface area contributed by atoms with Gasteiger partial charge < -0.3 is 9.74 Å². The highest BCUT2D eigenvalue weighted by Crippen LogP contribution is 2.02. The van der Waals surface area contributed by atoms with E-state index >= 15 is 0 Å². The lowest BCUT2D eigenvalue weighted by molar-refractivity contribution is -0.151. The van der Waals surface area contributed by atoms with Crippen LogP contribution < -0.4 is 5.48 Å². The molecule has 0 radical (unpaired) electrons. The average molecular weight is 264 g/mol. The summed E-state index contributed by atoms with van der Waals surface area (Å²) in [4.78, 5) is 18.6. The molecule has 0 fully saturated rings. The van der Waals surface area contributed by atoms with Crippen LogP contribution >= 0.6 is 0 Å². The van der Waals surface area contributed by atoms with Crippen molar-refractivity contribution in [1.29, 1.82) is 0 Å². The molecule has 0 spiro atoms. The van der Waals surface area contributed by atoms with Gasteiger partial charge in [-0.1, -0.05) is 36.8 Å². The van der Waals surface area contributed by atoms with Gasteiger partial charge >= 0.3 is 5.97 Å². The summed E-state index contributed by atoms with van der Waals surface area (Å²) in [6, 6.07) is 9.86. The zero-order chi connectivity index (χ0) is 13.9. The fourth-order valence-electron chi connectivity index (χ4n) is 1.72. The summed E-state index contributed by atoms with van der Waals surface area (Å²) in [6.07, 6.45) is 3.55. The molecule has 19 heavy (non-hydrogen) atoms. The largest absolute Gasteiger partial charge is 0.370 e. The number of carbonyl (C=O) groups is 1. The van der Waals surface area contributed by atoms with Gasteiger partial charge in [-0.15, -0.1) is 5.48 Å². The van der Waals surface area contributed by atoms with Crippen LogP contribution in [0.15, 0.2) is 30.3 Å². The molecule has 1 aromatic rings. The standard InChI is InChI=1S/C15H24N2O2/c1-17(2)12-8-4-7-11-15(18)19-16-13-14-9-5-3-6-10-14/h3,5-6,9-10,16H,4,7-8,11-13H2,1-2H3. The molecule has 1 aromatic carbocycles. The average Bonchev–Trinajstić information content (AvgIpc) is 2.39. The third-order valence-electron chi connectivity index (χ3n) is 2.79. The Labute approximate surface area is 115 Å². The van der Waals surface area contributed by atoms with Gasteiger partial charge in [0.1, 0.15) is 0 Å². The molecule has 0 atom stereocenters. The Morgan fingerprint density at radius 1 is 1.16 bits per heavy atom. The van der Waals surface area contributed by atoms with E-state index in [-0.39, 0.29) is 5.97 Å². The molecule has 0 aliphatic carbocycles. The molecule has 1 rings (SSSR count). The minimum Gasteiger partial charge on any atom is -0.370 e. The van der Waals surface area contributed by atoms with Crippen molar-refractivity contribution in [2.45, 2.75) is 32.2 Å². The number of hydroxylamine groups is 1. The smallest absolute Gasteiger partial charge is 0.324 e. The van der Waals surface area contributed by atoms with Gasteiger partial charge in [0.15, 0.2) is 0 Å². The summed E-state index contributed by atoms with van der Waals surface area (Å²) in [7, 11) is 4.11. The Hall–Kier alpha value is -1.39. The molecule has 0 aliphatic rings. The van der Waals surface area contributed by atoms with Gasteiger partial charge in [-0.2, -0.15) is 0 Å². The number of hydrogen-bond acceptors (Lipinski definition) is 4. The van der Waals surface area contributed by atoms with Crippen molar-refractivity contribution in [3.8, 4) is 0 Å². The summed E-state index contributed by atoms with van der Waals surface area (Å²) < 4.78 is 0. The summed E-state index contributed by atoms with van der Waals surface area (Å²) in [6.45, 7) is 1.62. The van der Waals surface area contributed by atoms with Crippen molar-refractivity contribution in [1.82, 2.24) is 10.4 Å². The molecule has 0 aliphatic heterocycles. The van der Waals surface area contributed by atoms with E-state index in [9.17, 15) is 4.79 Å². The maximum absolute atomic E-state index is 11.4. The molecule has 0 heterocycles. The van der Waals surface area contributed by atoms with Crippen LogP contribution in [0.2, 0.25) is 0 Å². The lowest BCUT2D eigenvalue weighted by Crippen LogP contribution is -2.19. The molecule has 4 nitrogen and oxygen atoms in total. The maximum Gasteiger partial charge on any atom is 0.324 e. The van der Waals surface area contributed by atoms with Crippen LogP contribution in [-0.4, -0.2) is 31.5 Å². The van der Waals surface area contributed by atoms with Gasteiger partial charge in [-0.3, -0.25) is 4.79 Å². The number of hydrogen-bond donors (Lipinski definition) is 1. The van der Waals surface area contributed by atoms with Crippen molar-refractivity contribution in [2.75, 3.05) is 20.6 Å². The Balaban J connectivity index is 1.99.